The number of H-pyrrole nitrogens is 1. The molecule has 18 heavy (non-hydrogen) atoms. The molecule has 1 aromatic rings. The number of sulfonamides is 1. The third-order valence-corrected chi connectivity index (χ3v) is 4.25. The van der Waals surface area contributed by atoms with Crippen LogP contribution in [0.2, 0.25) is 0 Å². The monoisotopic (exact) mass is 274 g/mol. The lowest BCUT2D eigenvalue weighted by Crippen LogP contribution is -2.27. The highest BCUT2D eigenvalue weighted by molar-refractivity contribution is 7.89. The van der Waals surface area contributed by atoms with Crippen molar-refractivity contribution in [3.05, 3.63) is 11.4 Å². The van der Waals surface area contributed by atoms with Gasteiger partial charge >= 0.3 is 0 Å². The summed E-state index contributed by atoms with van der Waals surface area (Å²) in [5, 5.41) is 9.64. The van der Waals surface area contributed by atoms with Gasteiger partial charge in [0.05, 0.1) is 11.4 Å². The average Bonchev–Trinajstić information content (AvgIpc) is 2.60. The van der Waals surface area contributed by atoms with Crippen LogP contribution >= 0.6 is 0 Å². The smallest absolute Gasteiger partial charge is 0.244 e. The number of aromatic amines is 1. The highest BCUT2D eigenvalue weighted by atomic mass is 32.2. The van der Waals surface area contributed by atoms with E-state index in [0.29, 0.717) is 30.4 Å². The van der Waals surface area contributed by atoms with Crippen molar-refractivity contribution in [3.63, 3.8) is 0 Å². The second kappa shape index (κ2) is 6.31. The quantitative estimate of drug-likeness (QED) is 0.685. The Labute approximate surface area is 109 Å². The lowest BCUT2D eigenvalue weighted by molar-refractivity contribution is 0.550. The van der Waals surface area contributed by atoms with Crippen LogP contribution in [0.1, 0.15) is 31.7 Å². The Hall–Kier alpha value is -0.920. The molecule has 7 heteroatoms. The van der Waals surface area contributed by atoms with Gasteiger partial charge in [0.2, 0.25) is 10.0 Å². The average molecular weight is 274 g/mol. The van der Waals surface area contributed by atoms with Crippen molar-refractivity contribution in [1.82, 2.24) is 20.2 Å². The zero-order chi connectivity index (χ0) is 13.8. The molecule has 0 atom stereocenters. The number of nitrogens with zero attached hydrogens (tertiary/aromatic N) is 1. The number of rotatable bonds is 7. The first-order valence-corrected chi connectivity index (χ1v) is 7.55. The van der Waals surface area contributed by atoms with Crippen molar-refractivity contribution in [1.29, 1.82) is 0 Å². The van der Waals surface area contributed by atoms with E-state index >= 15 is 0 Å². The van der Waals surface area contributed by atoms with E-state index in [4.69, 9.17) is 0 Å². The van der Waals surface area contributed by atoms with Gasteiger partial charge in [-0.1, -0.05) is 13.8 Å². The molecule has 0 saturated heterocycles. The maximum atomic E-state index is 12.2. The van der Waals surface area contributed by atoms with Gasteiger partial charge in [-0.2, -0.15) is 5.10 Å². The second-order valence-corrected chi connectivity index (χ2v) is 6.44. The van der Waals surface area contributed by atoms with Crippen LogP contribution in [-0.4, -0.2) is 32.2 Å². The Balaban J connectivity index is 2.87. The maximum Gasteiger partial charge on any atom is 0.244 e. The van der Waals surface area contributed by atoms with E-state index in [9.17, 15) is 8.42 Å². The summed E-state index contributed by atoms with van der Waals surface area (Å²) in [6.45, 7) is 6.70. The fraction of sp³-hybridized carbons (Fsp3) is 0.727. The van der Waals surface area contributed by atoms with Crippen molar-refractivity contribution in [3.8, 4) is 0 Å². The molecule has 0 spiro atoms. The minimum Gasteiger partial charge on any atom is -0.314 e. The first kappa shape index (κ1) is 15.1. The third-order valence-electron chi connectivity index (χ3n) is 2.59. The van der Waals surface area contributed by atoms with Gasteiger partial charge in [-0.3, -0.25) is 5.10 Å². The summed E-state index contributed by atoms with van der Waals surface area (Å²) in [4.78, 5) is 0.264. The molecule has 6 nitrogen and oxygen atoms in total. The van der Waals surface area contributed by atoms with Crippen molar-refractivity contribution < 1.29 is 8.42 Å². The summed E-state index contributed by atoms with van der Waals surface area (Å²) in [7, 11) is -1.72. The Kier molecular flexibility index (Phi) is 5.30. The summed E-state index contributed by atoms with van der Waals surface area (Å²) >= 11 is 0. The lowest BCUT2D eigenvalue weighted by Gasteiger charge is -2.09. The molecule has 0 aliphatic carbocycles. The molecule has 0 aromatic carbocycles. The SMILES string of the molecule is CNCc1n[nH]c(C)c1S(=O)(=O)NCCC(C)C. The van der Waals surface area contributed by atoms with Crippen LogP contribution in [-0.2, 0) is 16.6 Å². The van der Waals surface area contributed by atoms with Gasteiger partial charge in [0.25, 0.3) is 0 Å². The number of aryl methyl sites for hydroxylation is 1. The molecule has 0 unspecified atom stereocenters. The van der Waals surface area contributed by atoms with E-state index in [2.05, 4.69) is 34.1 Å². The standard InChI is InChI=1S/C11H22N4O2S/c1-8(2)5-6-13-18(16,17)11-9(3)14-15-10(11)7-12-4/h8,12-13H,5-7H2,1-4H3,(H,14,15). The topological polar surface area (TPSA) is 86.9 Å². The van der Waals surface area contributed by atoms with Gasteiger partial charge < -0.3 is 5.32 Å². The Morgan fingerprint density at radius 2 is 2.06 bits per heavy atom. The molecule has 1 rings (SSSR count). The second-order valence-electron chi connectivity index (χ2n) is 4.74. The van der Waals surface area contributed by atoms with Crippen LogP contribution in [0.5, 0.6) is 0 Å². The Bertz CT molecular complexity index is 479. The molecule has 104 valence electrons. The van der Waals surface area contributed by atoms with Crippen molar-refractivity contribution in [2.24, 2.45) is 5.92 Å². The highest BCUT2D eigenvalue weighted by Gasteiger charge is 2.23. The molecular weight excluding hydrogens is 252 g/mol. The molecule has 0 saturated carbocycles. The minimum absolute atomic E-state index is 0.264. The van der Waals surface area contributed by atoms with Crippen LogP contribution in [0.15, 0.2) is 4.90 Å². The Morgan fingerprint density at radius 1 is 1.39 bits per heavy atom. The lowest BCUT2D eigenvalue weighted by atomic mass is 10.1. The normalized spacial score (nSPS) is 12.3. The number of aromatic nitrogens is 2. The molecule has 0 radical (unpaired) electrons. The molecule has 0 amide bonds. The van der Waals surface area contributed by atoms with Crippen molar-refractivity contribution in [2.45, 2.75) is 38.6 Å². The third kappa shape index (κ3) is 3.79. The fourth-order valence-electron chi connectivity index (χ4n) is 1.67. The number of hydrogen-bond donors (Lipinski definition) is 3. The zero-order valence-electron chi connectivity index (χ0n) is 11.4. The van der Waals surface area contributed by atoms with E-state index < -0.39 is 10.0 Å². The van der Waals surface area contributed by atoms with E-state index in [-0.39, 0.29) is 4.90 Å². The van der Waals surface area contributed by atoms with Crippen LogP contribution in [0.4, 0.5) is 0 Å². The molecule has 0 aliphatic rings. The van der Waals surface area contributed by atoms with E-state index in [1.165, 1.54) is 0 Å². The van der Waals surface area contributed by atoms with Crippen LogP contribution in [0.25, 0.3) is 0 Å². The predicted molar refractivity (Wildman–Crippen MR) is 70.7 cm³/mol. The minimum atomic E-state index is -3.48. The van der Waals surface area contributed by atoms with Gasteiger partial charge in [0.1, 0.15) is 4.90 Å². The molecule has 0 bridgehead atoms. The maximum absolute atomic E-state index is 12.2. The van der Waals surface area contributed by atoms with E-state index in [1.54, 1.807) is 14.0 Å². The van der Waals surface area contributed by atoms with Gasteiger partial charge in [-0.15, -0.1) is 0 Å². The van der Waals surface area contributed by atoms with E-state index in [1.807, 2.05) is 0 Å². The first-order valence-electron chi connectivity index (χ1n) is 6.06. The van der Waals surface area contributed by atoms with Gasteiger partial charge in [0.15, 0.2) is 0 Å². The molecule has 1 heterocycles. The summed E-state index contributed by atoms with van der Waals surface area (Å²) in [6.07, 6.45) is 0.817. The molecule has 3 N–H and O–H groups in total. The summed E-state index contributed by atoms with van der Waals surface area (Å²) in [5.74, 6) is 0.468. The number of nitrogens with one attached hydrogen (secondary N) is 3. The summed E-state index contributed by atoms with van der Waals surface area (Å²) < 4.78 is 27.0. The summed E-state index contributed by atoms with van der Waals surface area (Å²) in [6, 6.07) is 0. The van der Waals surface area contributed by atoms with Gasteiger partial charge in [-0.05, 0) is 26.3 Å². The molecule has 1 aromatic heterocycles. The molecular formula is C11H22N4O2S. The predicted octanol–water partition coefficient (Wildman–Crippen LogP) is 0.762. The van der Waals surface area contributed by atoms with Crippen molar-refractivity contribution in [2.75, 3.05) is 13.6 Å². The number of hydrogen-bond acceptors (Lipinski definition) is 4. The zero-order valence-corrected chi connectivity index (χ0v) is 12.2. The largest absolute Gasteiger partial charge is 0.314 e. The first-order chi connectivity index (χ1) is 8.38. The van der Waals surface area contributed by atoms with Gasteiger partial charge in [-0.25, -0.2) is 13.1 Å². The summed E-state index contributed by atoms with van der Waals surface area (Å²) in [5.41, 5.74) is 1.09. The van der Waals surface area contributed by atoms with Crippen LogP contribution in [0, 0.1) is 12.8 Å². The van der Waals surface area contributed by atoms with Crippen molar-refractivity contribution >= 4 is 10.0 Å². The highest BCUT2D eigenvalue weighted by Crippen LogP contribution is 2.17. The van der Waals surface area contributed by atoms with E-state index in [0.717, 1.165) is 6.42 Å². The van der Waals surface area contributed by atoms with Crippen LogP contribution in [0.3, 0.4) is 0 Å². The molecule has 0 fully saturated rings. The molecule has 0 aliphatic heterocycles. The van der Waals surface area contributed by atoms with Crippen LogP contribution < -0.4 is 10.0 Å². The fourth-order valence-corrected chi connectivity index (χ4v) is 3.08. The Morgan fingerprint density at radius 3 is 2.61 bits per heavy atom. The van der Waals surface area contributed by atoms with Gasteiger partial charge in [0, 0.05) is 13.1 Å².